The molecule has 2 aromatic carbocycles. The zero-order chi connectivity index (χ0) is 19.8. The molecule has 28 heavy (non-hydrogen) atoms. The molecule has 1 unspecified atom stereocenters. The van der Waals surface area contributed by atoms with Crippen LogP contribution in [0.3, 0.4) is 0 Å². The van der Waals surface area contributed by atoms with Gasteiger partial charge in [0.05, 0.1) is 32.1 Å². The first kappa shape index (κ1) is 20.6. The average Bonchev–Trinajstić information content (AvgIpc) is 2.74. The van der Waals surface area contributed by atoms with Gasteiger partial charge in [0, 0.05) is 24.5 Å². The molecule has 1 saturated heterocycles. The number of morpholine rings is 1. The van der Waals surface area contributed by atoms with Crippen LogP contribution in [-0.2, 0) is 9.53 Å². The molecule has 5 nitrogen and oxygen atoms in total. The Hall–Kier alpha value is -2.09. The predicted molar refractivity (Wildman–Crippen MR) is 108 cm³/mol. The largest absolute Gasteiger partial charge is 0.497 e. The van der Waals surface area contributed by atoms with Gasteiger partial charge < -0.3 is 14.8 Å². The van der Waals surface area contributed by atoms with E-state index in [9.17, 15) is 9.18 Å². The first-order chi connectivity index (χ1) is 13.7. The van der Waals surface area contributed by atoms with Crippen LogP contribution in [0.25, 0.3) is 0 Å². The van der Waals surface area contributed by atoms with Gasteiger partial charge in [0.25, 0.3) is 0 Å². The van der Waals surface area contributed by atoms with Gasteiger partial charge in [-0.15, -0.1) is 11.8 Å². The summed E-state index contributed by atoms with van der Waals surface area (Å²) >= 11 is 1.40. The van der Waals surface area contributed by atoms with Gasteiger partial charge in [0.2, 0.25) is 5.91 Å². The fourth-order valence-corrected chi connectivity index (χ4v) is 3.84. The molecule has 1 aliphatic heterocycles. The number of hydrogen-bond acceptors (Lipinski definition) is 5. The lowest BCUT2D eigenvalue weighted by molar-refractivity contribution is -0.118. The molecule has 0 bridgehead atoms. The number of rotatable bonds is 8. The Morgan fingerprint density at radius 2 is 1.86 bits per heavy atom. The summed E-state index contributed by atoms with van der Waals surface area (Å²) in [5, 5.41) is 3.04. The molecule has 1 atom stereocenters. The van der Waals surface area contributed by atoms with E-state index in [1.165, 1.54) is 23.9 Å². The number of benzene rings is 2. The topological polar surface area (TPSA) is 50.8 Å². The van der Waals surface area contributed by atoms with Crippen molar-refractivity contribution in [3.05, 3.63) is 59.9 Å². The van der Waals surface area contributed by atoms with Gasteiger partial charge in [-0.25, -0.2) is 4.39 Å². The van der Waals surface area contributed by atoms with E-state index in [-0.39, 0.29) is 17.8 Å². The van der Waals surface area contributed by atoms with Gasteiger partial charge in [-0.05, 0) is 42.0 Å². The molecule has 2 aromatic rings. The standard InChI is InChI=1S/C21H25FN2O3S/c1-26-18-6-2-16(3-7-18)20(24-10-12-27-13-11-24)14-23-21(25)15-28-19-8-4-17(22)5-9-19/h2-9,20H,10-15H2,1H3,(H,23,25). The van der Waals surface area contributed by atoms with E-state index in [1.807, 2.05) is 24.3 Å². The molecule has 1 fully saturated rings. The summed E-state index contributed by atoms with van der Waals surface area (Å²) in [4.78, 5) is 15.5. The Balaban J connectivity index is 1.58. The summed E-state index contributed by atoms with van der Waals surface area (Å²) < 4.78 is 23.7. The maximum Gasteiger partial charge on any atom is 0.230 e. The maximum atomic E-state index is 13.0. The molecule has 0 aromatic heterocycles. The molecular formula is C21H25FN2O3S. The third-order valence-electron chi connectivity index (χ3n) is 4.66. The number of nitrogens with zero attached hydrogens (tertiary/aromatic N) is 1. The van der Waals surface area contributed by atoms with Crippen LogP contribution >= 0.6 is 11.8 Å². The Kier molecular flexibility index (Phi) is 7.71. The van der Waals surface area contributed by atoms with Crippen molar-refractivity contribution in [3.8, 4) is 5.75 Å². The number of carbonyl (C=O) groups excluding carboxylic acids is 1. The molecule has 1 aliphatic rings. The van der Waals surface area contributed by atoms with Crippen molar-refractivity contribution in [3.63, 3.8) is 0 Å². The van der Waals surface area contributed by atoms with Gasteiger partial charge in [-0.3, -0.25) is 9.69 Å². The van der Waals surface area contributed by atoms with E-state index in [0.717, 1.165) is 29.3 Å². The first-order valence-electron chi connectivity index (χ1n) is 9.26. The molecule has 1 amide bonds. The van der Waals surface area contributed by atoms with E-state index in [2.05, 4.69) is 10.2 Å². The summed E-state index contributed by atoms with van der Waals surface area (Å²) in [5.74, 6) is 0.788. The summed E-state index contributed by atoms with van der Waals surface area (Å²) in [7, 11) is 1.65. The second-order valence-corrected chi connectivity index (χ2v) is 7.53. The van der Waals surface area contributed by atoms with Crippen LogP contribution in [0, 0.1) is 5.82 Å². The summed E-state index contributed by atoms with van der Waals surface area (Å²) in [6.45, 7) is 3.57. The molecule has 3 rings (SSSR count). The lowest BCUT2D eigenvalue weighted by atomic mass is 10.0. The van der Waals surface area contributed by atoms with Gasteiger partial charge >= 0.3 is 0 Å². The van der Waals surface area contributed by atoms with Crippen molar-refractivity contribution < 1.29 is 18.7 Å². The molecule has 7 heteroatoms. The van der Waals surface area contributed by atoms with E-state index >= 15 is 0 Å². The zero-order valence-corrected chi connectivity index (χ0v) is 16.7. The number of ether oxygens (including phenoxy) is 2. The Labute approximate surface area is 169 Å². The smallest absolute Gasteiger partial charge is 0.230 e. The van der Waals surface area contributed by atoms with Gasteiger partial charge in [-0.1, -0.05) is 12.1 Å². The Morgan fingerprint density at radius 3 is 2.50 bits per heavy atom. The average molecular weight is 405 g/mol. The van der Waals surface area contributed by atoms with Gasteiger partial charge in [0.15, 0.2) is 0 Å². The van der Waals surface area contributed by atoms with Crippen molar-refractivity contribution in [1.82, 2.24) is 10.2 Å². The van der Waals surface area contributed by atoms with Crippen molar-refractivity contribution in [1.29, 1.82) is 0 Å². The van der Waals surface area contributed by atoms with Gasteiger partial charge in [0.1, 0.15) is 11.6 Å². The van der Waals surface area contributed by atoms with Crippen LogP contribution in [0.1, 0.15) is 11.6 Å². The third-order valence-corrected chi connectivity index (χ3v) is 5.68. The number of halogens is 1. The molecule has 0 saturated carbocycles. The van der Waals surface area contributed by atoms with E-state index in [1.54, 1.807) is 19.2 Å². The molecule has 1 heterocycles. The monoisotopic (exact) mass is 404 g/mol. The van der Waals surface area contributed by atoms with Gasteiger partial charge in [-0.2, -0.15) is 0 Å². The lowest BCUT2D eigenvalue weighted by Crippen LogP contribution is -2.44. The van der Waals surface area contributed by atoms with Crippen LogP contribution in [-0.4, -0.2) is 56.5 Å². The van der Waals surface area contributed by atoms with E-state index < -0.39 is 0 Å². The molecule has 150 valence electrons. The molecule has 1 N–H and O–H groups in total. The second-order valence-electron chi connectivity index (χ2n) is 6.48. The van der Waals surface area contributed by atoms with E-state index in [0.29, 0.717) is 25.5 Å². The number of hydrogen-bond donors (Lipinski definition) is 1. The highest BCUT2D eigenvalue weighted by Gasteiger charge is 2.23. The normalized spacial score (nSPS) is 15.8. The quantitative estimate of drug-likeness (QED) is 0.685. The fourth-order valence-electron chi connectivity index (χ4n) is 3.11. The fraction of sp³-hybridized carbons (Fsp3) is 0.381. The van der Waals surface area contributed by atoms with E-state index in [4.69, 9.17) is 9.47 Å². The zero-order valence-electron chi connectivity index (χ0n) is 15.9. The third kappa shape index (κ3) is 5.95. The molecule has 0 radical (unpaired) electrons. The minimum atomic E-state index is -0.276. The number of carbonyl (C=O) groups is 1. The highest BCUT2D eigenvalue weighted by molar-refractivity contribution is 8.00. The van der Waals surface area contributed by atoms with Crippen molar-refractivity contribution in [2.24, 2.45) is 0 Å². The highest BCUT2D eigenvalue weighted by Crippen LogP contribution is 2.24. The number of nitrogens with one attached hydrogen (secondary N) is 1. The van der Waals surface area contributed by atoms with Crippen LogP contribution in [0.2, 0.25) is 0 Å². The molecular weight excluding hydrogens is 379 g/mol. The Bertz CT molecular complexity index is 749. The first-order valence-corrected chi connectivity index (χ1v) is 10.2. The van der Waals surface area contributed by atoms with Crippen molar-refractivity contribution in [2.45, 2.75) is 10.9 Å². The Morgan fingerprint density at radius 1 is 1.18 bits per heavy atom. The SMILES string of the molecule is COc1ccc(C(CNC(=O)CSc2ccc(F)cc2)N2CCOCC2)cc1. The summed E-state index contributed by atoms with van der Waals surface area (Å²) in [6, 6.07) is 14.2. The molecule has 0 spiro atoms. The minimum Gasteiger partial charge on any atom is -0.497 e. The minimum absolute atomic E-state index is 0.0407. The number of methoxy groups -OCH3 is 1. The molecule has 0 aliphatic carbocycles. The van der Waals surface area contributed by atoms with Crippen LogP contribution < -0.4 is 10.1 Å². The van der Waals surface area contributed by atoms with Crippen molar-refractivity contribution >= 4 is 17.7 Å². The lowest BCUT2D eigenvalue weighted by Gasteiger charge is -2.35. The number of amides is 1. The number of thioether (sulfide) groups is 1. The summed E-state index contributed by atoms with van der Waals surface area (Å²) in [6.07, 6.45) is 0. The highest BCUT2D eigenvalue weighted by atomic mass is 32.2. The van der Waals surface area contributed by atoms with Crippen LogP contribution in [0.15, 0.2) is 53.4 Å². The van der Waals surface area contributed by atoms with Crippen LogP contribution in [0.4, 0.5) is 4.39 Å². The maximum absolute atomic E-state index is 13.0. The second kappa shape index (κ2) is 10.5. The van der Waals surface area contributed by atoms with Crippen LogP contribution in [0.5, 0.6) is 5.75 Å². The summed E-state index contributed by atoms with van der Waals surface area (Å²) in [5.41, 5.74) is 1.13. The van der Waals surface area contributed by atoms with Crippen molar-refractivity contribution in [2.75, 3.05) is 45.7 Å². The predicted octanol–water partition coefficient (Wildman–Crippen LogP) is 3.12.